The summed E-state index contributed by atoms with van der Waals surface area (Å²) in [5.41, 5.74) is 1.07. The number of aliphatic hydroxyl groups is 1. The lowest BCUT2D eigenvalue weighted by Crippen LogP contribution is -2.57. The average molecular weight is 1260 g/mol. The van der Waals surface area contributed by atoms with Crippen LogP contribution in [0.2, 0.25) is 0 Å². The van der Waals surface area contributed by atoms with E-state index in [4.69, 9.17) is 9.47 Å². The second-order valence-corrected chi connectivity index (χ2v) is 24.5. The lowest BCUT2D eigenvalue weighted by atomic mass is 9.85. The molecule has 2 aromatic carbocycles. The van der Waals surface area contributed by atoms with E-state index in [9.17, 15) is 51.8 Å². The van der Waals surface area contributed by atoms with Crippen LogP contribution in [-0.2, 0) is 46.2 Å². The molecule has 23 nitrogen and oxygen atoms in total. The van der Waals surface area contributed by atoms with Gasteiger partial charge in [0.2, 0.25) is 41.0 Å². The number of β-amino-alcohol motifs (C(OH)–C–C–N with tert-alkyl or cyclic N) is 1. The van der Waals surface area contributed by atoms with E-state index in [0.717, 1.165) is 21.7 Å². The summed E-state index contributed by atoms with van der Waals surface area (Å²) in [5.74, 6) is -3.42. The molecule has 6 N–H and O–H groups in total. The van der Waals surface area contributed by atoms with Crippen molar-refractivity contribution >= 4 is 64.1 Å². The molecule has 0 radical (unpaired) electrons. The highest BCUT2D eigenvalue weighted by molar-refractivity contribution is 7.13. The summed E-state index contributed by atoms with van der Waals surface area (Å²) in [6.07, 6.45) is -2.52. The number of carbonyl (C=O) groups excluding carboxylic acids is 6. The fraction of sp³-hybridized carbons (Fsp3) is 0.508. The van der Waals surface area contributed by atoms with Crippen molar-refractivity contribution in [2.24, 2.45) is 5.41 Å². The number of aryl methyl sites for hydroxylation is 1. The second-order valence-electron chi connectivity index (χ2n) is 23.6. The summed E-state index contributed by atoms with van der Waals surface area (Å²) in [4.78, 5) is 117. The van der Waals surface area contributed by atoms with Gasteiger partial charge in [-0.05, 0) is 56.5 Å². The summed E-state index contributed by atoms with van der Waals surface area (Å²) in [5, 5.41) is 21.6. The molecule has 3 saturated heterocycles. The predicted molar refractivity (Wildman–Crippen MR) is 325 cm³/mol. The van der Waals surface area contributed by atoms with Gasteiger partial charge in [-0.25, -0.2) is 19.3 Å². The van der Waals surface area contributed by atoms with Gasteiger partial charge in [0.1, 0.15) is 17.9 Å². The Labute approximate surface area is 516 Å². The number of nitrogens with zero attached hydrogens (tertiary/aromatic N) is 8. The molecule has 3 aliphatic rings. The van der Waals surface area contributed by atoms with Gasteiger partial charge in [-0.3, -0.25) is 38.5 Å². The van der Waals surface area contributed by atoms with Crippen molar-refractivity contribution in [2.45, 2.75) is 110 Å². The number of alkyl halides is 3. The minimum Gasteiger partial charge on any atom is -0.391 e. The van der Waals surface area contributed by atoms with Gasteiger partial charge >= 0.3 is 6.18 Å². The minimum atomic E-state index is -5.02. The number of benzene rings is 2. The van der Waals surface area contributed by atoms with E-state index in [-0.39, 0.29) is 118 Å². The first-order valence-corrected chi connectivity index (χ1v) is 30.4. The van der Waals surface area contributed by atoms with Crippen molar-refractivity contribution < 1.29 is 60.9 Å². The Bertz CT molecular complexity index is 3360. The number of nitrogens with one attached hydrogen (secondary N) is 5. The lowest BCUT2D eigenvalue weighted by Gasteiger charge is -2.44. The summed E-state index contributed by atoms with van der Waals surface area (Å²) < 4.78 is 69.3. The predicted octanol–water partition coefficient (Wildman–Crippen LogP) is 4.98. The zero-order chi connectivity index (χ0) is 64.3. The summed E-state index contributed by atoms with van der Waals surface area (Å²) in [6.45, 7) is 14.4. The maximum atomic E-state index is 16.2. The van der Waals surface area contributed by atoms with E-state index in [1.54, 1.807) is 42.5 Å². The number of halogens is 4. The third-order valence-corrected chi connectivity index (χ3v) is 17.0. The highest BCUT2D eigenvalue weighted by Gasteiger charge is 2.45. The SMILES string of the molecule is Cc1ncsc1-c1ccc(CNC(=O)[C@@H]2C[C@@H](O)CN2C(=O)[C@@H](NC(=O)CCOCCOCCNC(=O)CCC(=O)N2CCN(c3ncc(-c4cc(NC(=O)c5c[nH]c(=O)cc5C(F)(F)F)c(N5C[C@@H](C)N(C)[C@@H](C)C5)cc4F)cn3)CC2)C(C)(C)C)cc1. The number of ether oxygens (including phenoxy) is 2. The molecule has 89 heavy (non-hydrogen) atoms. The summed E-state index contributed by atoms with van der Waals surface area (Å²) in [7, 11) is 1.95. The van der Waals surface area contributed by atoms with E-state index < -0.39 is 75.9 Å². The normalized spacial score (nSPS) is 18.6. The topological polar surface area (TPSA) is 277 Å². The number of aliphatic hydroxyl groups excluding tert-OH is 1. The van der Waals surface area contributed by atoms with E-state index in [2.05, 4.69) is 46.1 Å². The average Bonchev–Trinajstić information content (AvgIpc) is 3.77. The summed E-state index contributed by atoms with van der Waals surface area (Å²) >= 11 is 1.55. The number of carbonyl (C=O) groups is 6. The van der Waals surface area contributed by atoms with Crippen molar-refractivity contribution in [3.05, 3.63) is 105 Å². The van der Waals surface area contributed by atoms with Crippen molar-refractivity contribution in [2.75, 3.05) is 101 Å². The number of piperazine rings is 2. The van der Waals surface area contributed by atoms with Crippen LogP contribution >= 0.6 is 11.3 Å². The molecule has 3 aliphatic heterocycles. The number of aromatic amines is 1. The first kappa shape index (κ1) is 67.0. The number of anilines is 3. The first-order valence-electron chi connectivity index (χ1n) is 29.5. The van der Waals surface area contributed by atoms with Crippen LogP contribution in [0.4, 0.5) is 34.9 Å². The molecule has 28 heteroatoms. The van der Waals surface area contributed by atoms with Crippen LogP contribution in [0.5, 0.6) is 0 Å². The van der Waals surface area contributed by atoms with Crippen molar-refractivity contribution in [1.29, 1.82) is 0 Å². The number of likely N-dealkylation sites (N-methyl/N-ethyl adjacent to an activating group) is 1. The minimum absolute atomic E-state index is 0.00862. The molecule has 0 spiro atoms. The highest BCUT2D eigenvalue weighted by atomic mass is 32.1. The van der Waals surface area contributed by atoms with Gasteiger partial charge in [0.25, 0.3) is 5.91 Å². The van der Waals surface area contributed by atoms with Crippen LogP contribution < -0.4 is 36.6 Å². The van der Waals surface area contributed by atoms with Crippen molar-refractivity contribution in [1.82, 2.24) is 50.6 Å². The third-order valence-electron chi connectivity index (χ3n) is 16.1. The standard InChI is InChI=1S/C61H77F4N13O10S/c1-36-32-77(33-37(2)74(36)7)48-27-46(62)43(25-47(48)72-56(84)44-31-67-52(82)26-45(44)61(63,64)65)41-29-69-59(70-30-41)76-18-16-75(17-19-76)53(83)13-12-50(80)66-15-21-88-23-22-87-20-14-51(81)73-55(60(4,5)6)58(86)78-34-42(79)24-49(78)57(85)68-28-39-8-10-40(11-9-39)54-38(3)71-35-89-54/h8-11,25-27,29-31,35-37,42,49,55,79H,12-24,28,32-34H2,1-7H3,(H,66,80)(H,67,82)(H,68,85)(H,72,84)(H,73,81)/t36-,37+,42-,49+,55-/m1/s1. The van der Waals surface area contributed by atoms with Gasteiger partial charge in [0.05, 0.1) is 71.1 Å². The Morgan fingerprint density at radius 2 is 1.49 bits per heavy atom. The van der Waals surface area contributed by atoms with Crippen LogP contribution in [0.25, 0.3) is 21.6 Å². The summed E-state index contributed by atoms with van der Waals surface area (Å²) in [6, 6.07) is 8.73. The zero-order valence-corrected chi connectivity index (χ0v) is 51.7. The molecule has 0 unspecified atom stereocenters. The van der Waals surface area contributed by atoms with Crippen LogP contribution in [0.15, 0.2) is 71.4 Å². The molecule has 0 bridgehead atoms. The molecule has 8 rings (SSSR count). The number of hydrogen-bond donors (Lipinski definition) is 6. The fourth-order valence-electron chi connectivity index (χ4n) is 10.8. The number of aromatic nitrogens is 4. The van der Waals surface area contributed by atoms with Gasteiger partial charge in [0, 0.05) is 132 Å². The number of rotatable bonds is 23. The largest absolute Gasteiger partial charge is 0.417 e. The quantitative estimate of drug-likeness (QED) is 0.0372. The number of hydrogen-bond acceptors (Lipinski definition) is 17. The number of likely N-dealkylation sites (tertiary alicyclic amines) is 1. The Hall–Kier alpha value is -7.92. The fourth-order valence-corrected chi connectivity index (χ4v) is 11.7. The van der Waals surface area contributed by atoms with E-state index >= 15 is 4.39 Å². The van der Waals surface area contributed by atoms with E-state index in [1.807, 2.05) is 61.9 Å². The van der Waals surface area contributed by atoms with Gasteiger partial charge in [-0.1, -0.05) is 45.0 Å². The number of thiazole rings is 1. The smallest absolute Gasteiger partial charge is 0.391 e. The Morgan fingerprint density at radius 3 is 2.13 bits per heavy atom. The first-order chi connectivity index (χ1) is 42.2. The Kier molecular flexibility index (Phi) is 22.3. The van der Waals surface area contributed by atoms with Crippen molar-refractivity contribution in [3.8, 4) is 21.6 Å². The van der Waals surface area contributed by atoms with Crippen LogP contribution in [-0.4, -0.2) is 191 Å². The molecule has 6 amide bonds. The number of pyridine rings is 1. The molecule has 0 aliphatic carbocycles. The number of amides is 6. The van der Waals surface area contributed by atoms with E-state index in [1.165, 1.54) is 29.4 Å². The van der Waals surface area contributed by atoms with Gasteiger partial charge in [-0.15, -0.1) is 11.3 Å². The van der Waals surface area contributed by atoms with Crippen molar-refractivity contribution in [3.63, 3.8) is 0 Å². The van der Waals surface area contributed by atoms with Crippen LogP contribution in [0, 0.1) is 18.2 Å². The molecule has 5 aromatic rings. The molecule has 5 atom stereocenters. The lowest BCUT2D eigenvalue weighted by molar-refractivity contribution is -0.144. The van der Waals surface area contributed by atoms with Gasteiger partial charge < -0.3 is 60.4 Å². The van der Waals surface area contributed by atoms with Gasteiger partial charge in [0.15, 0.2) is 0 Å². The molecule has 0 saturated carbocycles. The Balaban J connectivity index is 0.719. The monoisotopic (exact) mass is 1260 g/mol. The van der Waals surface area contributed by atoms with E-state index in [0.29, 0.717) is 57.5 Å². The highest BCUT2D eigenvalue weighted by Crippen LogP contribution is 2.38. The molecular weight excluding hydrogens is 1180 g/mol. The zero-order valence-electron chi connectivity index (χ0n) is 50.9. The van der Waals surface area contributed by atoms with Crippen LogP contribution in [0.1, 0.15) is 87.5 Å². The maximum absolute atomic E-state index is 16.2. The maximum Gasteiger partial charge on any atom is 0.417 e. The molecular formula is C61H77F4N13O10S. The molecule has 3 aromatic heterocycles. The molecule has 3 fully saturated rings. The molecule has 6 heterocycles. The number of H-pyrrole nitrogens is 1. The van der Waals surface area contributed by atoms with Gasteiger partial charge in [-0.2, -0.15) is 13.2 Å². The second kappa shape index (κ2) is 29.6. The third kappa shape index (κ3) is 17.5. The van der Waals surface area contributed by atoms with Crippen LogP contribution in [0.3, 0.4) is 0 Å². The molecule has 480 valence electrons. The Morgan fingerprint density at radius 1 is 0.820 bits per heavy atom.